The molecule has 2 aromatic rings. The van der Waals surface area contributed by atoms with Crippen LogP contribution < -0.4 is 0 Å². The first-order chi connectivity index (χ1) is 13.5. The topological polar surface area (TPSA) is 53.3 Å². The Hall–Kier alpha value is -2.64. The fourth-order valence-electron chi connectivity index (χ4n) is 4.32. The van der Waals surface area contributed by atoms with Gasteiger partial charge in [0.2, 0.25) is 0 Å². The highest BCUT2D eigenvalue weighted by Crippen LogP contribution is 2.42. The zero-order valence-electron chi connectivity index (χ0n) is 16.7. The molecule has 4 nitrogen and oxygen atoms in total. The second-order valence-electron chi connectivity index (χ2n) is 8.09. The molecule has 0 N–H and O–H groups in total. The maximum absolute atomic E-state index is 12.8. The minimum Gasteiger partial charge on any atom is -0.454 e. The Kier molecular flexibility index (Phi) is 6.16. The Morgan fingerprint density at radius 3 is 2.25 bits per heavy atom. The monoisotopic (exact) mass is 376 g/mol. The van der Waals surface area contributed by atoms with Gasteiger partial charge in [-0.25, -0.2) is 4.79 Å². The summed E-state index contributed by atoms with van der Waals surface area (Å²) in [5.74, 6) is -0.286. The lowest BCUT2D eigenvalue weighted by Gasteiger charge is -2.35. The summed E-state index contributed by atoms with van der Waals surface area (Å²) < 4.78 is 6.14. The Bertz CT molecular complexity index is 829. The molecule has 28 heavy (non-hydrogen) atoms. The fourth-order valence-corrected chi connectivity index (χ4v) is 4.32. The van der Waals surface area contributed by atoms with Crippen molar-refractivity contribution < 1.29 is 9.53 Å². The van der Waals surface area contributed by atoms with Gasteiger partial charge in [-0.2, -0.15) is 5.26 Å². The minimum absolute atomic E-state index is 0.286. The number of nitrogens with zero attached hydrogens (tertiary/aromatic N) is 2. The lowest BCUT2D eigenvalue weighted by molar-refractivity contribution is -0.0385. The van der Waals surface area contributed by atoms with Crippen molar-refractivity contribution in [3.05, 3.63) is 71.8 Å². The van der Waals surface area contributed by atoms with Gasteiger partial charge in [-0.15, -0.1) is 0 Å². The molecule has 4 heteroatoms. The molecule has 146 valence electrons. The third-order valence-electron chi connectivity index (χ3n) is 5.71. The summed E-state index contributed by atoms with van der Waals surface area (Å²) in [6.07, 6.45) is 3.75. The number of ether oxygens (including phenoxy) is 1. The average molecular weight is 377 g/mol. The van der Waals surface area contributed by atoms with Gasteiger partial charge in [0.15, 0.2) is 0 Å². The first kappa shape index (κ1) is 20.1. The van der Waals surface area contributed by atoms with E-state index in [1.807, 2.05) is 62.6 Å². The highest BCUT2D eigenvalue weighted by atomic mass is 16.6. The molecule has 2 atom stereocenters. The van der Waals surface area contributed by atoms with E-state index < -0.39 is 11.0 Å². The summed E-state index contributed by atoms with van der Waals surface area (Å²) in [5.41, 5.74) is 0.533. The van der Waals surface area contributed by atoms with Crippen molar-refractivity contribution in [2.24, 2.45) is 0 Å². The van der Waals surface area contributed by atoms with E-state index in [2.05, 4.69) is 11.0 Å². The van der Waals surface area contributed by atoms with Crippen LogP contribution in [0.15, 0.2) is 60.7 Å². The Morgan fingerprint density at radius 1 is 1.00 bits per heavy atom. The maximum Gasteiger partial charge on any atom is 0.338 e. The SMILES string of the molecule is CN(C)C[C@]1(OC(=O)c2ccccc2)CCC[C@@](C#N)(c2ccccc2)CC1. The van der Waals surface area contributed by atoms with Crippen LogP contribution in [0, 0.1) is 11.3 Å². The van der Waals surface area contributed by atoms with Crippen LogP contribution >= 0.6 is 0 Å². The number of carbonyl (C=O) groups is 1. The van der Waals surface area contributed by atoms with Crippen molar-refractivity contribution in [1.82, 2.24) is 4.90 Å². The van der Waals surface area contributed by atoms with Crippen molar-refractivity contribution in [3.8, 4) is 6.07 Å². The molecule has 1 aliphatic rings. The van der Waals surface area contributed by atoms with E-state index in [1.165, 1.54) is 0 Å². The lowest BCUT2D eigenvalue weighted by Crippen LogP contribution is -2.44. The van der Waals surface area contributed by atoms with Crippen molar-refractivity contribution in [2.45, 2.75) is 43.1 Å². The molecule has 2 aromatic carbocycles. The Balaban J connectivity index is 1.86. The van der Waals surface area contributed by atoms with Gasteiger partial charge in [0.05, 0.1) is 17.0 Å². The number of nitriles is 1. The first-order valence-electron chi connectivity index (χ1n) is 9.89. The normalized spacial score (nSPS) is 24.9. The highest BCUT2D eigenvalue weighted by Gasteiger charge is 2.43. The second kappa shape index (κ2) is 8.58. The molecule has 0 saturated heterocycles. The summed E-state index contributed by atoms with van der Waals surface area (Å²) in [4.78, 5) is 14.9. The molecule has 0 spiro atoms. The van der Waals surface area contributed by atoms with Crippen LogP contribution in [0.1, 0.15) is 48.0 Å². The van der Waals surface area contributed by atoms with E-state index in [0.29, 0.717) is 24.9 Å². The molecular weight excluding hydrogens is 348 g/mol. The van der Waals surface area contributed by atoms with Crippen molar-refractivity contribution in [2.75, 3.05) is 20.6 Å². The summed E-state index contributed by atoms with van der Waals surface area (Å²) in [6.45, 7) is 0.655. The molecular formula is C24H28N2O2. The molecule has 0 radical (unpaired) electrons. The van der Waals surface area contributed by atoms with Gasteiger partial charge in [0.1, 0.15) is 5.60 Å². The summed E-state index contributed by atoms with van der Waals surface area (Å²) in [5, 5.41) is 10.1. The lowest BCUT2D eigenvalue weighted by atomic mass is 9.75. The molecule has 1 fully saturated rings. The molecule has 0 heterocycles. The number of rotatable bonds is 5. The van der Waals surface area contributed by atoms with Crippen LogP contribution in [0.2, 0.25) is 0 Å². The van der Waals surface area contributed by atoms with Crippen LogP contribution in [0.5, 0.6) is 0 Å². The third-order valence-corrected chi connectivity index (χ3v) is 5.71. The first-order valence-corrected chi connectivity index (χ1v) is 9.89. The molecule has 0 amide bonds. The van der Waals surface area contributed by atoms with Gasteiger partial charge >= 0.3 is 5.97 Å². The smallest absolute Gasteiger partial charge is 0.338 e. The zero-order valence-corrected chi connectivity index (χ0v) is 16.7. The average Bonchev–Trinajstić information content (AvgIpc) is 2.89. The van der Waals surface area contributed by atoms with Crippen molar-refractivity contribution in [1.29, 1.82) is 5.26 Å². The molecule has 0 bridgehead atoms. The summed E-state index contributed by atoms with van der Waals surface area (Å²) >= 11 is 0. The second-order valence-corrected chi connectivity index (χ2v) is 8.09. The molecule has 0 aromatic heterocycles. The van der Waals surface area contributed by atoms with Crippen LogP contribution in [-0.2, 0) is 10.2 Å². The Morgan fingerprint density at radius 2 is 1.64 bits per heavy atom. The number of likely N-dealkylation sites (N-methyl/N-ethyl adjacent to an activating group) is 1. The predicted molar refractivity (Wildman–Crippen MR) is 110 cm³/mol. The molecule has 0 aliphatic heterocycles. The number of hydrogen-bond acceptors (Lipinski definition) is 4. The molecule has 1 aliphatic carbocycles. The van der Waals surface area contributed by atoms with E-state index in [9.17, 15) is 10.1 Å². The Labute approximate surface area is 167 Å². The van der Waals surface area contributed by atoms with Gasteiger partial charge in [0.25, 0.3) is 0 Å². The van der Waals surface area contributed by atoms with Gasteiger partial charge < -0.3 is 9.64 Å². The van der Waals surface area contributed by atoms with Crippen LogP contribution in [0.4, 0.5) is 0 Å². The highest BCUT2D eigenvalue weighted by molar-refractivity contribution is 5.89. The largest absolute Gasteiger partial charge is 0.454 e. The van der Waals surface area contributed by atoms with E-state index in [4.69, 9.17) is 4.74 Å². The van der Waals surface area contributed by atoms with E-state index in [0.717, 1.165) is 24.8 Å². The summed E-state index contributed by atoms with van der Waals surface area (Å²) in [7, 11) is 4.00. The third kappa shape index (κ3) is 4.43. The van der Waals surface area contributed by atoms with Crippen LogP contribution in [-0.4, -0.2) is 37.1 Å². The molecule has 3 rings (SSSR count). The van der Waals surface area contributed by atoms with Crippen molar-refractivity contribution in [3.63, 3.8) is 0 Å². The van der Waals surface area contributed by atoms with Gasteiger partial charge in [0, 0.05) is 6.54 Å². The summed E-state index contributed by atoms with van der Waals surface area (Å²) in [6, 6.07) is 21.8. The number of carbonyl (C=O) groups excluding carboxylic acids is 1. The van der Waals surface area contributed by atoms with Crippen molar-refractivity contribution >= 4 is 5.97 Å². The van der Waals surface area contributed by atoms with Gasteiger partial charge in [-0.1, -0.05) is 48.5 Å². The maximum atomic E-state index is 12.8. The van der Waals surface area contributed by atoms with Crippen LogP contribution in [0.25, 0.3) is 0 Å². The fraction of sp³-hybridized carbons (Fsp3) is 0.417. The molecule has 0 unspecified atom stereocenters. The molecule has 1 saturated carbocycles. The zero-order chi connectivity index (χ0) is 20.0. The quantitative estimate of drug-likeness (QED) is 0.567. The predicted octanol–water partition coefficient (Wildman–Crippen LogP) is 4.57. The standard InChI is InChI=1S/C24H28N2O2/c1-26(2)19-24(28-22(27)20-10-5-3-6-11-20)15-9-14-23(18-25,16-17-24)21-12-7-4-8-13-21/h3-8,10-13H,9,14-17,19H2,1-2H3/t23-,24+/m1/s1. The van der Waals surface area contributed by atoms with E-state index in [-0.39, 0.29) is 5.97 Å². The number of hydrogen-bond donors (Lipinski definition) is 0. The van der Waals surface area contributed by atoms with E-state index >= 15 is 0 Å². The minimum atomic E-state index is -0.580. The van der Waals surface area contributed by atoms with Crippen LogP contribution in [0.3, 0.4) is 0 Å². The number of benzene rings is 2. The van der Waals surface area contributed by atoms with E-state index in [1.54, 1.807) is 12.1 Å². The van der Waals surface area contributed by atoms with Gasteiger partial charge in [-0.05, 0) is 63.9 Å². The van der Waals surface area contributed by atoms with Gasteiger partial charge in [-0.3, -0.25) is 0 Å². The number of esters is 1.